The number of amides is 1. The van der Waals surface area contributed by atoms with E-state index in [4.69, 9.17) is 0 Å². The van der Waals surface area contributed by atoms with Crippen molar-refractivity contribution in [3.8, 4) is 11.3 Å². The van der Waals surface area contributed by atoms with Crippen molar-refractivity contribution in [2.75, 3.05) is 6.54 Å². The first kappa shape index (κ1) is 16.9. The molecule has 0 atom stereocenters. The summed E-state index contributed by atoms with van der Waals surface area (Å²) in [6, 6.07) is 9.83. The zero-order valence-electron chi connectivity index (χ0n) is 14.7. The minimum Gasteiger partial charge on any atom is -0.351 e. The van der Waals surface area contributed by atoms with Gasteiger partial charge < -0.3 is 5.32 Å². The summed E-state index contributed by atoms with van der Waals surface area (Å²) in [5, 5.41) is 14.4. The lowest BCUT2D eigenvalue weighted by molar-refractivity contribution is 0.0947. The highest BCUT2D eigenvalue weighted by Gasteiger charge is 2.16. The number of benzene rings is 1. The van der Waals surface area contributed by atoms with Crippen LogP contribution in [0.4, 0.5) is 0 Å². The van der Waals surface area contributed by atoms with Crippen molar-refractivity contribution in [3.63, 3.8) is 0 Å². The third-order valence-electron chi connectivity index (χ3n) is 4.08. The molecule has 0 bridgehead atoms. The minimum absolute atomic E-state index is 0.140. The first-order valence-corrected chi connectivity index (χ1v) is 8.33. The lowest BCUT2D eigenvalue weighted by atomic mass is 10.1. The van der Waals surface area contributed by atoms with Crippen LogP contribution >= 0.6 is 0 Å². The zero-order chi connectivity index (χ0) is 17.8. The predicted octanol–water partition coefficient (Wildman–Crippen LogP) is 2.41. The number of hydrogen-bond acceptors (Lipinski definition) is 4. The molecule has 3 aromatic rings. The van der Waals surface area contributed by atoms with E-state index < -0.39 is 0 Å². The summed E-state index contributed by atoms with van der Waals surface area (Å²) >= 11 is 0. The molecule has 130 valence electrons. The van der Waals surface area contributed by atoms with E-state index in [1.54, 1.807) is 0 Å². The highest BCUT2D eigenvalue weighted by Crippen LogP contribution is 2.22. The average Bonchev–Trinajstić information content (AvgIpc) is 3.14. The largest absolute Gasteiger partial charge is 0.351 e. The summed E-state index contributed by atoms with van der Waals surface area (Å²) in [5.41, 5.74) is 3.16. The summed E-state index contributed by atoms with van der Waals surface area (Å²) in [4.78, 5) is 16.6. The second kappa shape index (κ2) is 7.29. The van der Waals surface area contributed by atoms with Crippen LogP contribution in [0.25, 0.3) is 11.3 Å². The normalized spacial score (nSPS) is 10.8. The Morgan fingerprint density at radius 2 is 1.96 bits per heavy atom. The van der Waals surface area contributed by atoms with Gasteiger partial charge in [-0.15, -0.1) is 0 Å². The van der Waals surface area contributed by atoms with Gasteiger partial charge in [-0.1, -0.05) is 30.3 Å². The fraction of sp³-hybridized carbons (Fsp3) is 0.333. The maximum Gasteiger partial charge on any atom is 0.269 e. The van der Waals surface area contributed by atoms with Crippen molar-refractivity contribution < 1.29 is 4.79 Å². The second-order valence-corrected chi connectivity index (χ2v) is 5.98. The molecule has 25 heavy (non-hydrogen) atoms. The Morgan fingerprint density at radius 3 is 2.64 bits per heavy atom. The summed E-state index contributed by atoms with van der Waals surface area (Å²) in [6.07, 6.45) is 0.786. The molecule has 0 saturated heterocycles. The fourth-order valence-corrected chi connectivity index (χ4v) is 2.79. The Bertz CT molecular complexity index is 865. The van der Waals surface area contributed by atoms with Crippen molar-refractivity contribution in [1.29, 1.82) is 0 Å². The molecule has 2 heterocycles. The number of carbonyl (C=O) groups excluding carboxylic acids is 1. The molecule has 0 unspecified atom stereocenters. The van der Waals surface area contributed by atoms with Crippen molar-refractivity contribution in [3.05, 3.63) is 53.2 Å². The lowest BCUT2D eigenvalue weighted by Crippen LogP contribution is -2.26. The van der Waals surface area contributed by atoms with Gasteiger partial charge in [0.2, 0.25) is 0 Å². The van der Waals surface area contributed by atoms with E-state index in [1.807, 2.05) is 55.8 Å². The molecule has 0 fully saturated rings. The molecular weight excluding hydrogens is 316 g/mol. The average molecular weight is 338 g/mol. The molecule has 0 spiro atoms. The first-order chi connectivity index (χ1) is 12.1. The van der Waals surface area contributed by atoms with Gasteiger partial charge in [0.1, 0.15) is 17.3 Å². The number of carbonyl (C=O) groups is 1. The third kappa shape index (κ3) is 3.76. The topological polar surface area (TPSA) is 88.5 Å². The minimum atomic E-state index is -0.140. The summed E-state index contributed by atoms with van der Waals surface area (Å²) in [5.74, 6) is 1.52. The molecule has 2 N–H and O–H groups in total. The van der Waals surface area contributed by atoms with Crippen LogP contribution in [-0.2, 0) is 6.54 Å². The van der Waals surface area contributed by atoms with Gasteiger partial charge in [-0.05, 0) is 27.2 Å². The van der Waals surface area contributed by atoms with Crippen LogP contribution < -0.4 is 5.32 Å². The van der Waals surface area contributed by atoms with Crippen LogP contribution in [0.2, 0.25) is 0 Å². The van der Waals surface area contributed by atoms with E-state index in [0.29, 0.717) is 12.2 Å². The molecule has 0 saturated carbocycles. The third-order valence-corrected chi connectivity index (χ3v) is 4.08. The van der Waals surface area contributed by atoms with Gasteiger partial charge in [-0.3, -0.25) is 14.6 Å². The Balaban J connectivity index is 1.57. The first-order valence-electron chi connectivity index (χ1n) is 8.33. The molecule has 7 nitrogen and oxygen atoms in total. The van der Waals surface area contributed by atoms with E-state index in [-0.39, 0.29) is 5.91 Å². The number of aryl methyl sites for hydroxylation is 3. The molecule has 7 heteroatoms. The molecule has 0 radical (unpaired) electrons. The van der Waals surface area contributed by atoms with E-state index >= 15 is 0 Å². The summed E-state index contributed by atoms with van der Waals surface area (Å²) in [6.45, 7) is 7.00. The monoisotopic (exact) mass is 338 g/mol. The standard InChI is InChI=1S/C18H22N6O/c1-12-16(15-8-5-4-6-9-15)21-22-17(12)18(25)19-10-7-11-24-14(3)20-13(2)23-24/h4-6,8-9H,7,10-11H2,1-3H3,(H,19,25)(H,21,22). The lowest BCUT2D eigenvalue weighted by Gasteiger charge is -2.06. The van der Waals surface area contributed by atoms with Gasteiger partial charge >= 0.3 is 0 Å². The SMILES string of the molecule is Cc1nc(C)n(CCCNC(=O)c2[nH]nc(-c3ccccc3)c2C)n1. The number of H-pyrrole nitrogens is 1. The van der Waals surface area contributed by atoms with Crippen LogP contribution in [0.15, 0.2) is 30.3 Å². The van der Waals surface area contributed by atoms with Crippen LogP contribution in [0, 0.1) is 20.8 Å². The predicted molar refractivity (Wildman–Crippen MR) is 95.2 cm³/mol. The van der Waals surface area contributed by atoms with E-state index in [1.165, 1.54) is 0 Å². The quantitative estimate of drug-likeness (QED) is 0.676. The van der Waals surface area contributed by atoms with E-state index in [2.05, 4.69) is 25.6 Å². The second-order valence-electron chi connectivity index (χ2n) is 5.98. The number of rotatable bonds is 6. The van der Waals surface area contributed by atoms with Crippen molar-refractivity contribution in [1.82, 2.24) is 30.3 Å². The number of aromatic nitrogens is 5. The smallest absolute Gasteiger partial charge is 0.269 e. The Morgan fingerprint density at radius 1 is 1.20 bits per heavy atom. The molecule has 0 aliphatic carbocycles. The Kier molecular flexibility index (Phi) is 4.92. The van der Waals surface area contributed by atoms with Gasteiger partial charge in [0.25, 0.3) is 5.91 Å². The van der Waals surface area contributed by atoms with Gasteiger partial charge in [-0.2, -0.15) is 10.2 Å². The maximum atomic E-state index is 12.4. The van der Waals surface area contributed by atoms with Gasteiger partial charge in [-0.25, -0.2) is 4.98 Å². The molecule has 0 aliphatic rings. The maximum absolute atomic E-state index is 12.4. The number of hydrogen-bond donors (Lipinski definition) is 2. The van der Waals surface area contributed by atoms with Crippen LogP contribution in [0.3, 0.4) is 0 Å². The van der Waals surface area contributed by atoms with Gasteiger partial charge in [0, 0.05) is 24.2 Å². The Hall–Kier alpha value is -2.96. The van der Waals surface area contributed by atoms with Gasteiger partial charge in [0.15, 0.2) is 0 Å². The van der Waals surface area contributed by atoms with Crippen LogP contribution in [0.1, 0.15) is 34.1 Å². The number of aromatic amines is 1. The fourth-order valence-electron chi connectivity index (χ4n) is 2.79. The number of nitrogens with zero attached hydrogens (tertiary/aromatic N) is 4. The summed E-state index contributed by atoms with van der Waals surface area (Å²) in [7, 11) is 0. The summed E-state index contributed by atoms with van der Waals surface area (Å²) < 4.78 is 1.86. The highest BCUT2D eigenvalue weighted by atomic mass is 16.1. The van der Waals surface area contributed by atoms with E-state index in [0.717, 1.165) is 41.4 Å². The van der Waals surface area contributed by atoms with Crippen LogP contribution in [-0.4, -0.2) is 37.4 Å². The number of nitrogens with one attached hydrogen (secondary N) is 2. The van der Waals surface area contributed by atoms with Crippen molar-refractivity contribution in [2.24, 2.45) is 0 Å². The van der Waals surface area contributed by atoms with Crippen LogP contribution in [0.5, 0.6) is 0 Å². The van der Waals surface area contributed by atoms with Crippen molar-refractivity contribution in [2.45, 2.75) is 33.7 Å². The van der Waals surface area contributed by atoms with Gasteiger partial charge in [0.05, 0.1) is 5.69 Å². The molecule has 1 amide bonds. The highest BCUT2D eigenvalue weighted by molar-refractivity contribution is 5.95. The molecule has 0 aliphatic heterocycles. The molecular formula is C18H22N6O. The molecule has 2 aromatic heterocycles. The van der Waals surface area contributed by atoms with Crippen molar-refractivity contribution >= 4 is 5.91 Å². The molecule has 3 rings (SSSR count). The Labute approximate surface area is 146 Å². The zero-order valence-corrected chi connectivity index (χ0v) is 14.7. The van der Waals surface area contributed by atoms with E-state index in [9.17, 15) is 4.79 Å². The molecule has 1 aromatic carbocycles.